The maximum Gasteiger partial charge on any atom is 0.397 e. The number of hydrazone groups is 1. The van der Waals surface area contributed by atoms with Crippen LogP contribution in [0.2, 0.25) is 10.0 Å². The first-order chi connectivity index (χ1) is 14.9. The van der Waals surface area contributed by atoms with Gasteiger partial charge in [-0.05, 0) is 55.3 Å². The van der Waals surface area contributed by atoms with E-state index in [0.29, 0.717) is 28.0 Å². The number of hydrogen-bond donors (Lipinski definition) is 2. The molecular weight excluding hydrogens is 477 g/mol. The van der Waals surface area contributed by atoms with Crippen molar-refractivity contribution >= 4 is 50.9 Å². The normalized spacial score (nSPS) is 19.5. The molecule has 172 valence electrons. The Bertz CT molecular complexity index is 1110. The molecule has 1 aliphatic rings. The fourth-order valence-corrected chi connectivity index (χ4v) is 4.55. The molecule has 0 aromatic heterocycles. The molecule has 0 saturated carbocycles. The largest absolute Gasteiger partial charge is 0.397 e. The molecule has 0 saturated heterocycles. The summed E-state index contributed by atoms with van der Waals surface area (Å²) >= 11 is 11.9. The molecule has 1 amide bonds. The van der Waals surface area contributed by atoms with E-state index in [4.69, 9.17) is 31.9 Å². The molecule has 0 bridgehead atoms. The molecule has 0 aliphatic carbocycles. The van der Waals surface area contributed by atoms with Gasteiger partial charge in [0.2, 0.25) is 5.91 Å². The van der Waals surface area contributed by atoms with Gasteiger partial charge in [-0.25, -0.2) is 4.18 Å². The Morgan fingerprint density at radius 3 is 2.31 bits per heavy atom. The first-order valence-corrected chi connectivity index (χ1v) is 11.9. The van der Waals surface area contributed by atoms with E-state index in [1.807, 2.05) is 19.1 Å². The highest BCUT2D eigenvalue weighted by Crippen LogP contribution is 2.36. The van der Waals surface area contributed by atoms with Crippen LogP contribution in [-0.4, -0.2) is 48.8 Å². The van der Waals surface area contributed by atoms with Crippen LogP contribution in [0, 0.1) is 5.41 Å². The number of amides is 1. The predicted octanol–water partition coefficient (Wildman–Crippen LogP) is 4.26. The maximum absolute atomic E-state index is 12.6. The topological polar surface area (TPSA) is 108 Å². The predicted molar refractivity (Wildman–Crippen MR) is 124 cm³/mol. The number of anilines is 1. The van der Waals surface area contributed by atoms with E-state index in [9.17, 15) is 13.2 Å². The van der Waals surface area contributed by atoms with Crippen LogP contribution in [0.3, 0.4) is 0 Å². The van der Waals surface area contributed by atoms with Crippen LogP contribution in [-0.2, 0) is 19.4 Å². The second-order valence-electron chi connectivity index (χ2n) is 7.93. The van der Waals surface area contributed by atoms with Gasteiger partial charge in [-0.15, -0.1) is 0 Å². The molecule has 2 unspecified atom stereocenters. The molecule has 2 atom stereocenters. The first-order valence-electron chi connectivity index (χ1n) is 9.75. The van der Waals surface area contributed by atoms with Crippen molar-refractivity contribution in [3.05, 3.63) is 64.1 Å². The van der Waals surface area contributed by atoms with Crippen molar-refractivity contribution in [3.8, 4) is 0 Å². The summed E-state index contributed by atoms with van der Waals surface area (Å²) in [5, 5.41) is 10.2. The van der Waals surface area contributed by atoms with Gasteiger partial charge in [0.25, 0.3) is 0 Å². The van der Waals surface area contributed by atoms with Crippen LogP contribution in [0.4, 0.5) is 5.69 Å². The molecule has 0 radical (unpaired) electrons. The van der Waals surface area contributed by atoms with Crippen LogP contribution in [0.1, 0.15) is 25.8 Å². The summed E-state index contributed by atoms with van der Waals surface area (Å²) in [7, 11) is -4.59. The second kappa shape index (κ2) is 9.76. The van der Waals surface area contributed by atoms with Crippen molar-refractivity contribution in [2.24, 2.45) is 10.5 Å². The van der Waals surface area contributed by atoms with Crippen LogP contribution >= 0.6 is 23.2 Å². The van der Waals surface area contributed by atoms with Crippen LogP contribution in [0.25, 0.3) is 0 Å². The summed E-state index contributed by atoms with van der Waals surface area (Å²) in [6, 6.07) is 13.8. The zero-order chi connectivity index (χ0) is 23.5. The molecule has 11 heteroatoms. The van der Waals surface area contributed by atoms with Crippen molar-refractivity contribution in [2.75, 3.05) is 18.4 Å². The summed E-state index contributed by atoms with van der Waals surface area (Å²) in [5.41, 5.74) is 1.41. The highest BCUT2D eigenvalue weighted by Gasteiger charge is 2.41. The van der Waals surface area contributed by atoms with Gasteiger partial charge in [-0.2, -0.15) is 13.5 Å². The molecule has 1 aliphatic heterocycles. The fraction of sp³-hybridized carbons (Fsp3) is 0.333. The van der Waals surface area contributed by atoms with E-state index in [1.165, 1.54) is 0 Å². The zero-order valence-electron chi connectivity index (χ0n) is 17.5. The third kappa shape index (κ3) is 6.66. The van der Waals surface area contributed by atoms with Gasteiger partial charge in [0.1, 0.15) is 6.54 Å². The molecule has 2 N–H and O–H groups in total. The smallest absolute Gasteiger partial charge is 0.324 e. The van der Waals surface area contributed by atoms with Gasteiger partial charge in [-0.1, -0.05) is 42.3 Å². The molecule has 8 nitrogen and oxygen atoms in total. The van der Waals surface area contributed by atoms with Crippen molar-refractivity contribution < 1.29 is 21.9 Å². The molecule has 3 rings (SSSR count). The number of rotatable bonds is 8. The lowest BCUT2D eigenvalue weighted by Crippen LogP contribution is -2.37. The monoisotopic (exact) mass is 499 g/mol. The Kier molecular flexibility index (Phi) is 7.46. The molecule has 0 spiro atoms. The van der Waals surface area contributed by atoms with E-state index in [1.54, 1.807) is 48.3 Å². The summed E-state index contributed by atoms with van der Waals surface area (Å²) in [4.78, 5) is 12.6. The molecule has 0 fully saturated rings. The van der Waals surface area contributed by atoms with Gasteiger partial charge in [0, 0.05) is 27.7 Å². The quantitative estimate of drug-likeness (QED) is 0.525. The summed E-state index contributed by atoms with van der Waals surface area (Å²) in [6.07, 6.45) is -0.570. The molecular formula is C21H23Cl2N3O5S. The van der Waals surface area contributed by atoms with Crippen molar-refractivity contribution in [1.82, 2.24) is 5.01 Å². The van der Waals surface area contributed by atoms with Crippen LogP contribution < -0.4 is 5.32 Å². The number of nitrogens with one attached hydrogen (secondary N) is 1. The molecule has 2 aromatic carbocycles. The van der Waals surface area contributed by atoms with E-state index < -0.39 is 21.9 Å². The standard InChI is InChI=1S/C21H23Cl2N3O5S/c1-14(31-32(28,29)30)11-21(2)13-26(25-20(21)15-3-5-16(22)6-4-15)12-19(27)24-18-9-7-17(23)8-10-18/h3-10,14H,11-13H2,1-2H3,(H,24,27)(H,28,29,30). The summed E-state index contributed by atoms with van der Waals surface area (Å²) in [5.74, 6) is -0.266. The summed E-state index contributed by atoms with van der Waals surface area (Å²) < 4.78 is 36.0. The lowest BCUT2D eigenvalue weighted by atomic mass is 9.78. The number of halogens is 2. The Labute approximate surface area is 197 Å². The Morgan fingerprint density at radius 1 is 1.19 bits per heavy atom. The zero-order valence-corrected chi connectivity index (χ0v) is 19.8. The minimum Gasteiger partial charge on any atom is -0.324 e. The average Bonchev–Trinajstić information content (AvgIpc) is 2.98. The van der Waals surface area contributed by atoms with E-state index in [0.717, 1.165) is 5.56 Å². The SMILES string of the molecule is CC(CC1(C)CN(CC(=O)Nc2ccc(Cl)cc2)N=C1c1ccc(Cl)cc1)OS(=O)(=O)O. The van der Waals surface area contributed by atoms with Crippen LogP contribution in [0.15, 0.2) is 53.6 Å². The number of carbonyl (C=O) groups excluding carboxylic acids is 1. The van der Waals surface area contributed by atoms with Crippen LogP contribution in [0.5, 0.6) is 0 Å². The molecule has 2 aromatic rings. The lowest BCUT2D eigenvalue weighted by molar-refractivity contribution is -0.117. The second-order valence-corrected chi connectivity index (χ2v) is 9.85. The van der Waals surface area contributed by atoms with Crippen molar-refractivity contribution in [3.63, 3.8) is 0 Å². The van der Waals surface area contributed by atoms with E-state index >= 15 is 0 Å². The van der Waals surface area contributed by atoms with Crippen molar-refractivity contribution in [2.45, 2.75) is 26.4 Å². The minimum atomic E-state index is -4.59. The Hall–Kier alpha value is -2.17. The van der Waals surface area contributed by atoms with Gasteiger partial charge in [-0.3, -0.25) is 14.4 Å². The first kappa shape index (κ1) is 24.5. The fourth-order valence-electron chi connectivity index (χ4n) is 3.82. The highest BCUT2D eigenvalue weighted by atomic mass is 35.5. The van der Waals surface area contributed by atoms with E-state index in [-0.39, 0.29) is 18.9 Å². The minimum absolute atomic E-state index is 0.0111. The average molecular weight is 500 g/mol. The molecule has 32 heavy (non-hydrogen) atoms. The van der Waals surface area contributed by atoms with Gasteiger partial charge >= 0.3 is 10.4 Å². The highest BCUT2D eigenvalue weighted by molar-refractivity contribution is 7.80. The number of benzene rings is 2. The van der Waals surface area contributed by atoms with Gasteiger partial charge in [0.05, 0.1) is 11.8 Å². The number of hydrogen-bond acceptors (Lipinski definition) is 6. The third-order valence-electron chi connectivity index (χ3n) is 4.94. The third-order valence-corrected chi connectivity index (χ3v) is 6.02. The Morgan fingerprint density at radius 2 is 1.75 bits per heavy atom. The molecule has 1 heterocycles. The van der Waals surface area contributed by atoms with Gasteiger partial charge < -0.3 is 5.32 Å². The summed E-state index contributed by atoms with van der Waals surface area (Å²) in [6.45, 7) is 3.79. The van der Waals surface area contributed by atoms with Crippen molar-refractivity contribution in [1.29, 1.82) is 0 Å². The number of carbonyl (C=O) groups is 1. The lowest BCUT2D eigenvalue weighted by Gasteiger charge is -2.29. The van der Waals surface area contributed by atoms with Gasteiger partial charge in [0.15, 0.2) is 0 Å². The Balaban J connectivity index is 1.79. The maximum atomic E-state index is 12.6. The van der Waals surface area contributed by atoms with E-state index in [2.05, 4.69) is 10.4 Å². The number of nitrogens with zero attached hydrogens (tertiary/aromatic N) is 2.